The average molecular weight is 395 g/mol. The third-order valence-electron chi connectivity index (χ3n) is 5.83. The second kappa shape index (κ2) is 8.25. The van der Waals surface area contributed by atoms with Gasteiger partial charge in [-0.1, -0.05) is 42.5 Å². The number of carboxylic acid groups (broad SMARTS) is 1. The van der Waals surface area contributed by atoms with Crippen molar-refractivity contribution in [3.05, 3.63) is 65.7 Å². The number of carbonyl (C=O) groups is 2. The number of benzene rings is 2. The van der Waals surface area contributed by atoms with Crippen LogP contribution in [0.4, 0.5) is 0 Å². The van der Waals surface area contributed by atoms with Gasteiger partial charge in [-0.05, 0) is 35.6 Å². The monoisotopic (exact) mass is 395 g/mol. The largest absolute Gasteiger partial charge is 0.489 e. The molecule has 29 heavy (non-hydrogen) atoms. The quantitative estimate of drug-likeness (QED) is 0.780. The van der Waals surface area contributed by atoms with Crippen LogP contribution in [0.5, 0.6) is 5.75 Å². The summed E-state index contributed by atoms with van der Waals surface area (Å²) in [7, 11) is 1.55. The number of aliphatic carboxylic acids is 1. The Morgan fingerprint density at radius 1 is 1.07 bits per heavy atom. The van der Waals surface area contributed by atoms with Gasteiger partial charge in [-0.2, -0.15) is 0 Å². The fourth-order valence-electron chi connectivity index (χ4n) is 4.05. The molecule has 6 heteroatoms. The van der Waals surface area contributed by atoms with Gasteiger partial charge in [0.05, 0.1) is 6.10 Å². The first-order valence-corrected chi connectivity index (χ1v) is 9.89. The van der Waals surface area contributed by atoms with Crippen LogP contribution in [0.2, 0.25) is 0 Å². The Kier molecular flexibility index (Phi) is 5.53. The molecule has 152 valence electrons. The maximum absolute atomic E-state index is 12.9. The molecule has 4 unspecified atom stereocenters. The van der Waals surface area contributed by atoms with E-state index >= 15 is 0 Å². The normalized spacial score (nSPS) is 25.6. The number of hydrogen-bond donors (Lipinski definition) is 1. The predicted molar refractivity (Wildman–Crippen MR) is 107 cm³/mol. The molecule has 2 aromatic rings. The van der Waals surface area contributed by atoms with Gasteiger partial charge in [0.15, 0.2) is 0 Å². The second-order valence-corrected chi connectivity index (χ2v) is 7.73. The molecule has 1 aliphatic carbocycles. The van der Waals surface area contributed by atoms with E-state index in [4.69, 9.17) is 9.47 Å². The summed E-state index contributed by atoms with van der Waals surface area (Å²) in [4.78, 5) is 25.9. The number of rotatable bonds is 7. The zero-order valence-electron chi connectivity index (χ0n) is 16.4. The fraction of sp³-hybridized carbons (Fsp3) is 0.391. The predicted octanol–water partition coefficient (Wildman–Crippen LogP) is 3.07. The van der Waals surface area contributed by atoms with E-state index in [0.29, 0.717) is 19.6 Å². The van der Waals surface area contributed by atoms with Gasteiger partial charge in [-0.15, -0.1) is 0 Å². The molecule has 0 aromatic heterocycles. The number of hydrogen-bond acceptors (Lipinski definition) is 4. The van der Waals surface area contributed by atoms with E-state index in [-0.39, 0.29) is 23.8 Å². The van der Waals surface area contributed by atoms with Crippen molar-refractivity contribution in [3.63, 3.8) is 0 Å². The lowest BCUT2D eigenvalue weighted by Crippen LogP contribution is -2.41. The van der Waals surface area contributed by atoms with Crippen LogP contribution in [0.1, 0.15) is 29.9 Å². The van der Waals surface area contributed by atoms with Crippen molar-refractivity contribution in [2.75, 3.05) is 13.7 Å². The van der Waals surface area contributed by atoms with Crippen molar-refractivity contribution < 1.29 is 24.2 Å². The Labute approximate surface area is 170 Å². The van der Waals surface area contributed by atoms with E-state index < -0.39 is 12.0 Å². The minimum absolute atomic E-state index is 0.0774. The summed E-state index contributed by atoms with van der Waals surface area (Å²) in [5, 5.41) is 9.43. The Balaban J connectivity index is 1.35. The van der Waals surface area contributed by atoms with Gasteiger partial charge in [0.1, 0.15) is 18.4 Å². The third-order valence-corrected chi connectivity index (χ3v) is 5.83. The SMILES string of the molecule is COC1CC(C(=O)O)N(C(=O)C2CC2c2ccc(OCc3ccccc3)cc2)C1. The molecule has 6 nitrogen and oxygen atoms in total. The second-order valence-electron chi connectivity index (χ2n) is 7.73. The van der Waals surface area contributed by atoms with Gasteiger partial charge in [0.25, 0.3) is 0 Å². The van der Waals surface area contributed by atoms with Crippen LogP contribution in [0.25, 0.3) is 0 Å². The van der Waals surface area contributed by atoms with Crippen molar-refractivity contribution in [1.82, 2.24) is 4.90 Å². The minimum atomic E-state index is -0.963. The highest BCUT2D eigenvalue weighted by atomic mass is 16.5. The van der Waals surface area contributed by atoms with Crippen molar-refractivity contribution in [2.45, 2.75) is 37.5 Å². The Morgan fingerprint density at radius 3 is 2.45 bits per heavy atom. The maximum atomic E-state index is 12.9. The highest BCUT2D eigenvalue weighted by molar-refractivity contribution is 5.88. The summed E-state index contributed by atoms with van der Waals surface area (Å²) in [6.07, 6.45) is 0.893. The van der Waals surface area contributed by atoms with Crippen molar-refractivity contribution in [3.8, 4) is 5.75 Å². The van der Waals surface area contributed by atoms with Crippen molar-refractivity contribution in [1.29, 1.82) is 0 Å². The third kappa shape index (κ3) is 4.27. The summed E-state index contributed by atoms with van der Waals surface area (Å²) in [5.74, 6) is -0.263. The summed E-state index contributed by atoms with van der Waals surface area (Å²) >= 11 is 0. The number of carboxylic acids is 1. The Hall–Kier alpha value is -2.86. The van der Waals surface area contributed by atoms with Crippen molar-refractivity contribution >= 4 is 11.9 Å². The fourth-order valence-corrected chi connectivity index (χ4v) is 4.05. The number of amides is 1. The lowest BCUT2D eigenvalue weighted by molar-refractivity contribution is -0.148. The number of methoxy groups -OCH3 is 1. The Bertz CT molecular complexity index is 867. The molecule has 0 bridgehead atoms. The van der Waals surface area contributed by atoms with E-state index in [9.17, 15) is 14.7 Å². The first kappa shape index (κ1) is 19.5. The Morgan fingerprint density at radius 2 is 1.79 bits per heavy atom. The number of ether oxygens (including phenoxy) is 2. The van der Waals surface area contributed by atoms with Gasteiger partial charge < -0.3 is 19.5 Å². The first-order chi connectivity index (χ1) is 14.1. The molecule has 2 aliphatic rings. The van der Waals surface area contributed by atoms with Crippen molar-refractivity contribution in [2.24, 2.45) is 5.92 Å². The number of likely N-dealkylation sites (tertiary alicyclic amines) is 1. The van der Waals surface area contributed by atoms with Crippen LogP contribution in [0, 0.1) is 5.92 Å². The summed E-state index contributed by atoms with van der Waals surface area (Å²) in [6, 6.07) is 17.0. The van der Waals surface area contributed by atoms with E-state index in [2.05, 4.69) is 0 Å². The molecule has 1 heterocycles. The topological polar surface area (TPSA) is 76.1 Å². The van der Waals surface area contributed by atoms with Crippen LogP contribution in [0.3, 0.4) is 0 Å². The highest BCUT2D eigenvalue weighted by Crippen LogP contribution is 2.49. The molecule has 1 N–H and O–H groups in total. The van der Waals surface area contributed by atoms with Crippen LogP contribution in [0.15, 0.2) is 54.6 Å². The van der Waals surface area contributed by atoms with E-state index in [1.807, 2.05) is 54.6 Å². The maximum Gasteiger partial charge on any atom is 0.326 e. The standard InChI is InChI=1S/C23H25NO5/c1-28-18-11-21(23(26)27)24(13-18)22(25)20-12-19(20)16-7-9-17(10-8-16)29-14-15-5-3-2-4-6-15/h2-10,18-21H,11-14H2,1H3,(H,26,27). The zero-order valence-corrected chi connectivity index (χ0v) is 16.4. The molecular weight excluding hydrogens is 370 g/mol. The van der Waals surface area contributed by atoms with Crippen LogP contribution in [-0.4, -0.2) is 47.7 Å². The molecule has 1 saturated heterocycles. The summed E-state index contributed by atoms with van der Waals surface area (Å²) in [6.45, 7) is 0.860. The zero-order chi connectivity index (χ0) is 20.4. The molecule has 4 atom stereocenters. The van der Waals surface area contributed by atoms with E-state index in [0.717, 1.165) is 23.3 Å². The molecule has 0 radical (unpaired) electrons. The van der Waals surface area contributed by atoms with Gasteiger partial charge >= 0.3 is 5.97 Å². The molecule has 0 spiro atoms. The minimum Gasteiger partial charge on any atom is -0.489 e. The molecule has 1 amide bonds. The lowest BCUT2D eigenvalue weighted by atomic mass is 10.1. The summed E-state index contributed by atoms with van der Waals surface area (Å²) < 4.78 is 11.1. The number of nitrogens with zero attached hydrogens (tertiary/aromatic N) is 1. The van der Waals surface area contributed by atoms with Crippen LogP contribution >= 0.6 is 0 Å². The van der Waals surface area contributed by atoms with Crippen LogP contribution in [-0.2, 0) is 20.9 Å². The van der Waals surface area contributed by atoms with E-state index in [1.54, 1.807) is 7.11 Å². The van der Waals surface area contributed by atoms with Gasteiger partial charge in [-0.25, -0.2) is 4.79 Å². The highest BCUT2D eigenvalue weighted by Gasteiger charge is 2.50. The summed E-state index contributed by atoms with van der Waals surface area (Å²) in [5.41, 5.74) is 2.20. The lowest BCUT2D eigenvalue weighted by Gasteiger charge is -2.21. The molecule has 2 aromatic carbocycles. The average Bonchev–Trinajstić information content (AvgIpc) is 3.42. The smallest absolute Gasteiger partial charge is 0.326 e. The first-order valence-electron chi connectivity index (χ1n) is 9.89. The molecule has 2 fully saturated rings. The molecule has 4 rings (SSSR count). The number of carbonyl (C=O) groups excluding carboxylic acids is 1. The molecule has 1 saturated carbocycles. The van der Waals surface area contributed by atoms with Gasteiger partial charge in [0, 0.05) is 26.0 Å². The van der Waals surface area contributed by atoms with Crippen LogP contribution < -0.4 is 4.74 Å². The molecule has 1 aliphatic heterocycles. The van der Waals surface area contributed by atoms with Gasteiger partial charge in [0.2, 0.25) is 5.91 Å². The molecular formula is C23H25NO5. The van der Waals surface area contributed by atoms with E-state index in [1.165, 1.54) is 4.90 Å². The van der Waals surface area contributed by atoms with Gasteiger partial charge in [-0.3, -0.25) is 4.79 Å².